The van der Waals surface area contributed by atoms with Gasteiger partial charge in [0.05, 0.1) is 26.4 Å². The molecule has 0 bridgehead atoms. The molecule has 0 aromatic heterocycles. The molecule has 0 saturated heterocycles. The van der Waals surface area contributed by atoms with E-state index in [1.54, 1.807) is 0 Å². The third-order valence-corrected chi connectivity index (χ3v) is 19.4. The fraction of sp³-hybridized carbons (Fsp3) is 0.947. The molecule has 0 aliphatic carbocycles. The summed E-state index contributed by atoms with van der Waals surface area (Å²) in [6, 6.07) is 0. The van der Waals surface area contributed by atoms with Crippen LogP contribution in [0.4, 0.5) is 0 Å². The summed E-state index contributed by atoms with van der Waals surface area (Å²) in [7, 11) is -9.90. The lowest BCUT2D eigenvalue weighted by molar-refractivity contribution is -0.161. The summed E-state index contributed by atoms with van der Waals surface area (Å²) < 4.78 is 68.4. The quantitative estimate of drug-likeness (QED) is 0.0222. The van der Waals surface area contributed by atoms with Crippen LogP contribution in [-0.2, 0) is 65.4 Å². The summed E-state index contributed by atoms with van der Waals surface area (Å²) in [6.07, 6.45) is 57.1. The number of ether oxygens (including phenoxy) is 4. The van der Waals surface area contributed by atoms with Crippen LogP contribution < -0.4 is 0 Å². The number of esters is 4. The molecule has 0 rings (SSSR count). The van der Waals surface area contributed by atoms with Gasteiger partial charge in [0.1, 0.15) is 19.3 Å². The minimum absolute atomic E-state index is 0.105. The number of carbonyl (C=O) groups is 4. The first-order valence-electron chi connectivity index (χ1n) is 39.1. The van der Waals surface area contributed by atoms with Gasteiger partial charge in [-0.25, -0.2) is 9.13 Å². The van der Waals surface area contributed by atoms with Crippen molar-refractivity contribution in [2.75, 3.05) is 39.6 Å². The normalized spacial score (nSPS) is 14.0. The average Bonchev–Trinajstić information content (AvgIpc) is 1.51. The maximum absolute atomic E-state index is 13.1. The Morgan fingerprint density at radius 2 is 0.489 bits per heavy atom. The van der Waals surface area contributed by atoms with E-state index in [-0.39, 0.29) is 25.7 Å². The third-order valence-electron chi connectivity index (χ3n) is 17.5. The number of unbranched alkanes of at least 4 members (excludes halogenated alkanes) is 47. The number of hydrogen-bond acceptors (Lipinski definition) is 15. The molecule has 0 spiro atoms. The summed E-state index contributed by atoms with van der Waals surface area (Å²) in [5.41, 5.74) is 0. The fourth-order valence-corrected chi connectivity index (χ4v) is 13.1. The number of rotatable bonds is 75. The van der Waals surface area contributed by atoms with Crippen molar-refractivity contribution in [3.05, 3.63) is 0 Å². The molecule has 0 aliphatic rings. The van der Waals surface area contributed by atoms with Crippen molar-refractivity contribution in [2.24, 2.45) is 5.92 Å². The van der Waals surface area contributed by atoms with Crippen LogP contribution in [0.3, 0.4) is 0 Å². The minimum Gasteiger partial charge on any atom is -0.462 e. The largest absolute Gasteiger partial charge is 0.472 e. The molecule has 0 fully saturated rings. The Bertz CT molecular complexity index is 1810. The van der Waals surface area contributed by atoms with Crippen molar-refractivity contribution in [1.29, 1.82) is 0 Å². The molecule has 2 unspecified atom stereocenters. The fourth-order valence-electron chi connectivity index (χ4n) is 11.5. The van der Waals surface area contributed by atoms with E-state index in [0.29, 0.717) is 25.7 Å². The number of carbonyl (C=O) groups excluding carboxylic acids is 4. The third kappa shape index (κ3) is 68.6. The molecule has 0 amide bonds. The lowest BCUT2D eigenvalue weighted by atomic mass is 10.0. The van der Waals surface area contributed by atoms with Gasteiger partial charge in [-0.15, -0.1) is 0 Å². The zero-order valence-electron chi connectivity index (χ0n) is 61.1. The van der Waals surface area contributed by atoms with Crippen LogP contribution in [0.2, 0.25) is 0 Å². The second-order valence-electron chi connectivity index (χ2n) is 27.5. The molecule has 0 aliphatic heterocycles. The molecular formula is C75H146O17P2. The zero-order chi connectivity index (χ0) is 69.1. The van der Waals surface area contributed by atoms with Crippen molar-refractivity contribution in [3.63, 3.8) is 0 Å². The Morgan fingerprint density at radius 1 is 0.287 bits per heavy atom. The highest BCUT2D eigenvalue weighted by molar-refractivity contribution is 7.47. The molecule has 5 atom stereocenters. The SMILES string of the molecule is CCCCCCCCCCCCCCCCCCCCCCCC(=O)O[C@H](COC(=O)CCCCCCCCCCCCCCCC)COP(=O)(O)OC[C@@H](O)COP(=O)(O)OC[C@@H](COC(=O)CCCCCCCCC)OC(=O)CCCCCCCCCCCC(C)C. The van der Waals surface area contributed by atoms with E-state index in [9.17, 15) is 43.2 Å². The molecular weight excluding hydrogens is 1230 g/mol. The van der Waals surface area contributed by atoms with Crippen LogP contribution >= 0.6 is 15.6 Å². The molecule has 0 heterocycles. The van der Waals surface area contributed by atoms with Gasteiger partial charge in [-0.05, 0) is 31.6 Å². The second-order valence-corrected chi connectivity index (χ2v) is 30.4. The first-order valence-corrected chi connectivity index (χ1v) is 42.1. The summed E-state index contributed by atoms with van der Waals surface area (Å²) in [4.78, 5) is 72.6. The Morgan fingerprint density at radius 3 is 0.723 bits per heavy atom. The Kier molecular flexibility index (Phi) is 66.8. The van der Waals surface area contributed by atoms with E-state index in [0.717, 1.165) is 109 Å². The highest BCUT2D eigenvalue weighted by atomic mass is 31.2. The van der Waals surface area contributed by atoms with Gasteiger partial charge in [-0.1, -0.05) is 343 Å². The summed E-state index contributed by atoms with van der Waals surface area (Å²) in [5, 5.41) is 10.6. The Labute approximate surface area is 575 Å². The van der Waals surface area contributed by atoms with E-state index < -0.39 is 97.5 Å². The molecule has 0 aromatic carbocycles. The number of hydrogen-bond donors (Lipinski definition) is 3. The average molecular weight is 1380 g/mol. The zero-order valence-corrected chi connectivity index (χ0v) is 62.9. The van der Waals surface area contributed by atoms with E-state index in [4.69, 9.17) is 37.0 Å². The van der Waals surface area contributed by atoms with Gasteiger partial charge >= 0.3 is 39.5 Å². The number of phosphoric acid groups is 2. The summed E-state index contributed by atoms with van der Waals surface area (Å²) in [5.74, 6) is -1.38. The number of aliphatic hydroxyl groups excluding tert-OH is 1. The van der Waals surface area contributed by atoms with Crippen LogP contribution in [-0.4, -0.2) is 96.7 Å². The van der Waals surface area contributed by atoms with E-state index in [1.165, 1.54) is 205 Å². The molecule has 0 radical (unpaired) electrons. The van der Waals surface area contributed by atoms with Crippen molar-refractivity contribution >= 4 is 39.5 Å². The van der Waals surface area contributed by atoms with Gasteiger partial charge in [0.15, 0.2) is 12.2 Å². The standard InChI is InChI=1S/C75H146O17P2/c1-6-9-12-15-18-20-22-24-26-27-28-29-30-31-32-34-36-40-45-50-55-60-74(79)92-71(65-86-73(78)59-54-49-44-39-35-33-25-23-21-19-16-13-10-7-2)67-90-94(83,84)88-63-69(76)62-87-93(81,82)89-66-70(64-85-72(77)58-53-48-42-17-14-11-8-3)91-75(80)61-56-51-46-41-37-38-43-47-52-57-68(4)5/h68-71,76H,6-67H2,1-5H3,(H,81,82)(H,83,84)/t69-,70+,71+/m0/s1. The summed E-state index contributed by atoms with van der Waals surface area (Å²) in [6.45, 7) is 7.22. The van der Waals surface area contributed by atoms with Crippen LogP contribution in [0.15, 0.2) is 0 Å². The minimum atomic E-state index is -4.95. The highest BCUT2D eigenvalue weighted by Gasteiger charge is 2.30. The topological polar surface area (TPSA) is 237 Å². The maximum atomic E-state index is 13.1. The van der Waals surface area contributed by atoms with Crippen molar-refractivity contribution in [1.82, 2.24) is 0 Å². The van der Waals surface area contributed by atoms with Gasteiger partial charge in [0.25, 0.3) is 0 Å². The number of phosphoric ester groups is 2. The second kappa shape index (κ2) is 68.2. The van der Waals surface area contributed by atoms with Crippen LogP contribution in [0.25, 0.3) is 0 Å². The Hall–Kier alpha value is -1.94. The molecule has 19 heteroatoms. The molecule has 3 N–H and O–H groups in total. The van der Waals surface area contributed by atoms with E-state index >= 15 is 0 Å². The predicted molar refractivity (Wildman–Crippen MR) is 382 cm³/mol. The van der Waals surface area contributed by atoms with Crippen LogP contribution in [0, 0.1) is 5.92 Å². The Balaban J connectivity index is 5.16. The highest BCUT2D eigenvalue weighted by Crippen LogP contribution is 2.45. The smallest absolute Gasteiger partial charge is 0.462 e. The van der Waals surface area contributed by atoms with E-state index in [1.807, 2.05) is 0 Å². The predicted octanol–water partition coefficient (Wildman–Crippen LogP) is 22.1. The van der Waals surface area contributed by atoms with Gasteiger partial charge in [0, 0.05) is 25.7 Å². The van der Waals surface area contributed by atoms with Crippen molar-refractivity contribution < 1.29 is 80.2 Å². The van der Waals surface area contributed by atoms with Crippen molar-refractivity contribution in [3.8, 4) is 0 Å². The van der Waals surface area contributed by atoms with Gasteiger partial charge in [-0.2, -0.15) is 0 Å². The first kappa shape index (κ1) is 92.1. The first-order chi connectivity index (χ1) is 45.5. The van der Waals surface area contributed by atoms with Crippen LogP contribution in [0.5, 0.6) is 0 Å². The van der Waals surface area contributed by atoms with Gasteiger partial charge in [-0.3, -0.25) is 37.3 Å². The van der Waals surface area contributed by atoms with Crippen LogP contribution in [0.1, 0.15) is 394 Å². The van der Waals surface area contributed by atoms with E-state index in [2.05, 4.69) is 34.6 Å². The lowest BCUT2D eigenvalue weighted by Crippen LogP contribution is -2.30. The summed E-state index contributed by atoms with van der Waals surface area (Å²) >= 11 is 0. The number of aliphatic hydroxyl groups is 1. The van der Waals surface area contributed by atoms with Gasteiger partial charge in [0.2, 0.25) is 0 Å². The lowest BCUT2D eigenvalue weighted by Gasteiger charge is -2.21. The maximum Gasteiger partial charge on any atom is 0.472 e. The molecule has 558 valence electrons. The molecule has 17 nitrogen and oxygen atoms in total. The van der Waals surface area contributed by atoms with Crippen molar-refractivity contribution in [2.45, 2.75) is 412 Å². The van der Waals surface area contributed by atoms with Gasteiger partial charge < -0.3 is 33.8 Å². The molecule has 94 heavy (non-hydrogen) atoms. The molecule has 0 saturated carbocycles. The molecule has 0 aromatic rings. The monoisotopic (exact) mass is 1380 g/mol.